The molecule has 1 aliphatic heterocycles. The summed E-state index contributed by atoms with van der Waals surface area (Å²) in [6.07, 6.45) is 8.15. The summed E-state index contributed by atoms with van der Waals surface area (Å²) in [6.45, 7) is 2.53. The van der Waals surface area contributed by atoms with Crippen molar-refractivity contribution < 1.29 is 13.5 Å². The van der Waals surface area contributed by atoms with Gasteiger partial charge in [0.05, 0.1) is 7.11 Å². The fourth-order valence-corrected chi connectivity index (χ4v) is 4.83. The van der Waals surface area contributed by atoms with Crippen molar-refractivity contribution in [3.05, 3.63) is 41.7 Å². The van der Waals surface area contributed by atoms with Gasteiger partial charge in [0.25, 0.3) is 0 Å². The predicted molar refractivity (Wildman–Crippen MR) is 90.3 cm³/mol. The van der Waals surface area contributed by atoms with Crippen molar-refractivity contribution in [1.82, 2.24) is 4.90 Å². The molecule has 130 valence electrons. The van der Waals surface area contributed by atoms with Gasteiger partial charge in [-0.05, 0) is 61.6 Å². The fraction of sp³-hybridized carbons (Fsp3) is 0.600. The van der Waals surface area contributed by atoms with E-state index in [0.29, 0.717) is 24.2 Å². The largest absolute Gasteiger partial charge is 0.496 e. The molecule has 4 heteroatoms. The SMILES string of the molecule is COc1ccc(F)cc1C1(F)CCN(C[C@@H]2C[C@H]3C=C[C@H]2C3)CC1. The fourth-order valence-electron chi connectivity index (χ4n) is 4.83. The average Bonchev–Trinajstić information content (AvgIpc) is 3.20. The lowest BCUT2D eigenvalue weighted by molar-refractivity contribution is 0.0448. The minimum atomic E-state index is -1.49. The molecular formula is C20H25F2NO. The van der Waals surface area contributed by atoms with Crippen molar-refractivity contribution in [3.8, 4) is 5.75 Å². The van der Waals surface area contributed by atoms with E-state index < -0.39 is 11.5 Å². The van der Waals surface area contributed by atoms with Crippen molar-refractivity contribution in [2.45, 2.75) is 31.4 Å². The summed E-state index contributed by atoms with van der Waals surface area (Å²) < 4.78 is 34.3. The molecule has 0 amide bonds. The quantitative estimate of drug-likeness (QED) is 0.762. The zero-order valence-corrected chi connectivity index (χ0v) is 14.2. The van der Waals surface area contributed by atoms with E-state index in [-0.39, 0.29) is 0 Å². The number of likely N-dealkylation sites (tertiary alicyclic amines) is 1. The topological polar surface area (TPSA) is 12.5 Å². The lowest BCUT2D eigenvalue weighted by Crippen LogP contribution is -2.43. The van der Waals surface area contributed by atoms with Crippen LogP contribution in [0.2, 0.25) is 0 Å². The Labute approximate surface area is 142 Å². The highest BCUT2D eigenvalue weighted by Crippen LogP contribution is 2.45. The molecule has 1 saturated heterocycles. The highest BCUT2D eigenvalue weighted by molar-refractivity contribution is 5.39. The number of halogens is 2. The van der Waals surface area contributed by atoms with Crippen LogP contribution < -0.4 is 4.74 Å². The molecule has 0 aromatic heterocycles. The second-order valence-corrected chi connectivity index (χ2v) is 7.65. The Bertz CT molecular complexity index is 637. The summed E-state index contributed by atoms with van der Waals surface area (Å²) in [7, 11) is 1.51. The number of allylic oxidation sites excluding steroid dienone is 2. The first-order valence-electron chi connectivity index (χ1n) is 9.01. The van der Waals surface area contributed by atoms with Gasteiger partial charge in [-0.25, -0.2) is 8.78 Å². The third-order valence-corrected chi connectivity index (χ3v) is 6.20. The minimum absolute atomic E-state index is 0.368. The van der Waals surface area contributed by atoms with E-state index in [0.717, 1.165) is 37.4 Å². The third kappa shape index (κ3) is 2.85. The normalized spacial score (nSPS) is 31.5. The second kappa shape index (κ2) is 6.14. The van der Waals surface area contributed by atoms with E-state index in [1.165, 1.54) is 38.2 Å². The van der Waals surface area contributed by atoms with Crippen LogP contribution in [0.15, 0.2) is 30.4 Å². The van der Waals surface area contributed by atoms with E-state index in [2.05, 4.69) is 17.1 Å². The molecule has 0 spiro atoms. The number of ether oxygens (including phenoxy) is 1. The number of piperidine rings is 1. The highest BCUT2D eigenvalue weighted by atomic mass is 19.1. The smallest absolute Gasteiger partial charge is 0.142 e. The lowest BCUT2D eigenvalue weighted by Gasteiger charge is -2.39. The summed E-state index contributed by atoms with van der Waals surface area (Å²) in [5.74, 6) is 2.29. The van der Waals surface area contributed by atoms with Crippen LogP contribution in [0.4, 0.5) is 8.78 Å². The van der Waals surface area contributed by atoms with Crippen molar-refractivity contribution in [2.75, 3.05) is 26.7 Å². The molecule has 0 N–H and O–H groups in total. The molecule has 4 rings (SSSR count). The lowest BCUT2D eigenvalue weighted by atomic mass is 9.84. The van der Waals surface area contributed by atoms with E-state index in [1.807, 2.05) is 0 Å². The van der Waals surface area contributed by atoms with E-state index >= 15 is 4.39 Å². The van der Waals surface area contributed by atoms with Gasteiger partial charge in [-0.2, -0.15) is 0 Å². The molecule has 2 bridgehead atoms. The molecular weight excluding hydrogens is 308 g/mol. The number of alkyl halides is 1. The van der Waals surface area contributed by atoms with E-state index in [4.69, 9.17) is 4.74 Å². The average molecular weight is 333 g/mol. The van der Waals surface area contributed by atoms with Gasteiger partial charge in [-0.15, -0.1) is 0 Å². The first-order valence-corrected chi connectivity index (χ1v) is 9.01. The van der Waals surface area contributed by atoms with Crippen LogP contribution in [0, 0.1) is 23.6 Å². The zero-order chi connectivity index (χ0) is 16.7. The Balaban J connectivity index is 1.42. The Morgan fingerprint density at radius 2 is 2.00 bits per heavy atom. The number of fused-ring (bicyclic) bond motifs is 2. The van der Waals surface area contributed by atoms with Gasteiger partial charge >= 0.3 is 0 Å². The molecule has 1 saturated carbocycles. The van der Waals surface area contributed by atoms with Crippen LogP contribution in [-0.4, -0.2) is 31.6 Å². The van der Waals surface area contributed by atoms with Gasteiger partial charge in [0.2, 0.25) is 0 Å². The zero-order valence-electron chi connectivity index (χ0n) is 14.2. The van der Waals surface area contributed by atoms with Gasteiger partial charge in [-0.3, -0.25) is 0 Å². The number of hydrogen-bond donors (Lipinski definition) is 0. The maximum absolute atomic E-state index is 15.5. The van der Waals surface area contributed by atoms with Gasteiger partial charge in [-0.1, -0.05) is 12.2 Å². The Morgan fingerprint density at radius 3 is 2.62 bits per heavy atom. The number of methoxy groups -OCH3 is 1. The standard InChI is InChI=1S/C20H25F2NO/c1-24-19-5-4-17(21)12-18(19)20(22)6-8-23(9-7-20)13-16-11-14-2-3-15(16)10-14/h2-5,12,14-16H,6-11,13H2,1H3/t14-,15-,16-/m0/s1. The number of benzene rings is 1. The Hall–Kier alpha value is -1.42. The summed E-state index contributed by atoms with van der Waals surface area (Å²) in [5.41, 5.74) is -1.12. The van der Waals surface area contributed by atoms with Gasteiger partial charge in [0, 0.05) is 25.2 Å². The van der Waals surface area contributed by atoms with Crippen molar-refractivity contribution in [3.63, 3.8) is 0 Å². The van der Waals surface area contributed by atoms with Crippen molar-refractivity contribution >= 4 is 0 Å². The molecule has 2 fully saturated rings. The van der Waals surface area contributed by atoms with Crippen LogP contribution in [0.3, 0.4) is 0 Å². The van der Waals surface area contributed by atoms with Crippen LogP contribution in [0.1, 0.15) is 31.2 Å². The van der Waals surface area contributed by atoms with Crippen molar-refractivity contribution in [1.29, 1.82) is 0 Å². The molecule has 24 heavy (non-hydrogen) atoms. The molecule has 0 radical (unpaired) electrons. The van der Waals surface area contributed by atoms with Crippen LogP contribution in [0.5, 0.6) is 5.75 Å². The van der Waals surface area contributed by atoms with Crippen molar-refractivity contribution in [2.24, 2.45) is 17.8 Å². The van der Waals surface area contributed by atoms with Gasteiger partial charge in [0.15, 0.2) is 0 Å². The maximum Gasteiger partial charge on any atom is 0.142 e. The highest BCUT2D eigenvalue weighted by Gasteiger charge is 2.41. The number of hydrogen-bond acceptors (Lipinski definition) is 2. The summed E-state index contributed by atoms with van der Waals surface area (Å²) in [4.78, 5) is 2.39. The maximum atomic E-state index is 15.5. The Morgan fingerprint density at radius 1 is 1.21 bits per heavy atom. The van der Waals surface area contributed by atoms with Crippen LogP contribution in [0.25, 0.3) is 0 Å². The van der Waals surface area contributed by atoms with Crippen LogP contribution >= 0.6 is 0 Å². The molecule has 1 aromatic carbocycles. The number of nitrogens with zero attached hydrogens (tertiary/aromatic N) is 1. The van der Waals surface area contributed by atoms with Gasteiger partial charge in [0.1, 0.15) is 17.2 Å². The van der Waals surface area contributed by atoms with E-state index in [9.17, 15) is 4.39 Å². The monoisotopic (exact) mass is 333 g/mol. The van der Waals surface area contributed by atoms with Crippen LogP contribution in [-0.2, 0) is 5.67 Å². The molecule has 2 aliphatic carbocycles. The molecule has 1 aromatic rings. The Kier molecular flexibility index (Phi) is 4.11. The van der Waals surface area contributed by atoms with Gasteiger partial charge < -0.3 is 9.64 Å². The molecule has 0 unspecified atom stereocenters. The molecule has 3 atom stereocenters. The third-order valence-electron chi connectivity index (χ3n) is 6.20. The molecule has 1 heterocycles. The minimum Gasteiger partial charge on any atom is -0.496 e. The second-order valence-electron chi connectivity index (χ2n) is 7.65. The first kappa shape index (κ1) is 16.1. The molecule has 2 nitrogen and oxygen atoms in total. The first-order chi connectivity index (χ1) is 11.6. The molecule has 3 aliphatic rings. The summed E-state index contributed by atoms with van der Waals surface area (Å²) >= 11 is 0. The van der Waals surface area contributed by atoms with E-state index in [1.54, 1.807) is 0 Å². The summed E-state index contributed by atoms with van der Waals surface area (Å²) in [5, 5.41) is 0. The number of rotatable bonds is 4. The summed E-state index contributed by atoms with van der Waals surface area (Å²) in [6, 6.07) is 4.15. The predicted octanol–water partition coefficient (Wildman–Crippen LogP) is 4.31.